The summed E-state index contributed by atoms with van der Waals surface area (Å²) in [5, 5.41) is 9.27. The molecule has 0 amide bonds. The van der Waals surface area contributed by atoms with Crippen LogP contribution < -0.4 is 0 Å². The maximum Gasteiger partial charge on any atom is 0.0567 e. The lowest BCUT2D eigenvalue weighted by molar-refractivity contribution is 0.0514. The first-order valence-electron chi connectivity index (χ1n) is 5.16. The molecule has 1 aliphatic rings. The molecule has 1 saturated heterocycles. The number of rotatable bonds is 1. The summed E-state index contributed by atoms with van der Waals surface area (Å²) in [7, 11) is 0. The lowest BCUT2D eigenvalue weighted by atomic mass is 10.0. The maximum absolute atomic E-state index is 9.27. The summed E-state index contributed by atoms with van der Waals surface area (Å²) in [6, 6.07) is 0.578. The number of hydrogen-bond acceptors (Lipinski definition) is 2. The van der Waals surface area contributed by atoms with Gasteiger partial charge in [-0.15, -0.1) is 0 Å². The predicted molar refractivity (Wildman–Crippen MR) is 53.3 cm³/mol. The Kier molecular flexibility index (Phi) is 6.39. The fraction of sp³-hybridized carbons (Fsp3) is 1.00. The van der Waals surface area contributed by atoms with E-state index >= 15 is 0 Å². The molecule has 0 spiro atoms. The highest BCUT2D eigenvalue weighted by Gasteiger charge is 2.21. The van der Waals surface area contributed by atoms with Crippen LogP contribution in [0.2, 0.25) is 0 Å². The van der Waals surface area contributed by atoms with E-state index < -0.39 is 0 Å². The number of nitrogens with zero attached hydrogens (tertiary/aromatic N) is 1. The topological polar surface area (TPSA) is 23.5 Å². The summed E-state index contributed by atoms with van der Waals surface area (Å²) in [5.41, 5.74) is 0. The molecule has 1 fully saturated rings. The van der Waals surface area contributed by atoms with Crippen LogP contribution in [0.3, 0.4) is 0 Å². The second-order valence-electron chi connectivity index (χ2n) is 3.16. The predicted octanol–water partition coefficient (Wildman–Crippen LogP) is 1.88. The molecule has 0 radical (unpaired) electrons. The zero-order valence-electron chi connectivity index (χ0n) is 8.88. The van der Waals surface area contributed by atoms with Crippen molar-refractivity contribution in [2.24, 2.45) is 0 Å². The number of piperidine rings is 1. The van der Waals surface area contributed by atoms with Crippen molar-refractivity contribution in [1.82, 2.24) is 4.90 Å². The average molecular weight is 173 g/mol. The zero-order chi connectivity index (χ0) is 9.56. The molecule has 0 aromatic heterocycles. The highest BCUT2D eigenvalue weighted by atomic mass is 16.3. The summed E-state index contributed by atoms with van der Waals surface area (Å²) >= 11 is 0. The molecule has 74 valence electrons. The van der Waals surface area contributed by atoms with E-state index in [1.165, 1.54) is 0 Å². The van der Waals surface area contributed by atoms with Crippen LogP contribution in [0.5, 0.6) is 0 Å². The summed E-state index contributed by atoms with van der Waals surface area (Å²) in [6.45, 7) is 10.5. The van der Waals surface area contributed by atoms with E-state index in [2.05, 4.69) is 18.7 Å². The SMILES string of the molecule is CC.CCN1CCC(O)CC1C. The molecule has 1 rings (SSSR count). The standard InChI is InChI=1S/C8H17NO.C2H6/c1-3-9-5-4-8(10)6-7(9)2;1-2/h7-8,10H,3-6H2,1-2H3;1-2H3. The van der Waals surface area contributed by atoms with Crippen molar-refractivity contribution in [2.45, 2.75) is 52.7 Å². The fourth-order valence-electron chi connectivity index (χ4n) is 1.67. The first-order chi connectivity index (χ1) is 5.74. The molecule has 0 aliphatic carbocycles. The number of hydrogen-bond donors (Lipinski definition) is 1. The Labute approximate surface area is 76.6 Å². The average Bonchev–Trinajstić information content (AvgIpc) is 2.08. The normalized spacial score (nSPS) is 30.8. The molecule has 1 heterocycles. The minimum Gasteiger partial charge on any atom is -0.393 e. The Morgan fingerprint density at radius 2 is 2.00 bits per heavy atom. The molecule has 2 heteroatoms. The van der Waals surface area contributed by atoms with Crippen LogP contribution in [-0.2, 0) is 0 Å². The van der Waals surface area contributed by atoms with Crippen LogP contribution >= 0.6 is 0 Å². The molecular weight excluding hydrogens is 150 g/mol. The summed E-state index contributed by atoms with van der Waals surface area (Å²) in [4.78, 5) is 2.41. The van der Waals surface area contributed by atoms with Crippen LogP contribution in [0, 0.1) is 0 Å². The first kappa shape index (κ1) is 11.9. The van der Waals surface area contributed by atoms with Crippen molar-refractivity contribution in [3.63, 3.8) is 0 Å². The van der Waals surface area contributed by atoms with E-state index in [1.807, 2.05) is 13.8 Å². The van der Waals surface area contributed by atoms with Crippen LogP contribution in [0.4, 0.5) is 0 Å². The van der Waals surface area contributed by atoms with Gasteiger partial charge in [-0.1, -0.05) is 20.8 Å². The fourth-order valence-corrected chi connectivity index (χ4v) is 1.67. The van der Waals surface area contributed by atoms with Crippen molar-refractivity contribution < 1.29 is 5.11 Å². The molecule has 0 aromatic rings. The third-order valence-corrected chi connectivity index (χ3v) is 2.39. The van der Waals surface area contributed by atoms with Crippen LogP contribution in [0.15, 0.2) is 0 Å². The van der Waals surface area contributed by atoms with Crippen LogP contribution in [-0.4, -0.2) is 35.2 Å². The van der Waals surface area contributed by atoms with Gasteiger partial charge in [0.2, 0.25) is 0 Å². The Morgan fingerprint density at radius 3 is 2.42 bits per heavy atom. The Bertz CT molecular complexity index is 106. The Balaban J connectivity index is 0.000000561. The van der Waals surface area contributed by atoms with E-state index in [4.69, 9.17) is 0 Å². The van der Waals surface area contributed by atoms with E-state index in [0.717, 1.165) is 25.9 Å². The van der Waals surface area contributed by atoms with E-state index in [-0.39, 0.29) is 6.10 Å². The minimum atomic E-state index is -0.0437. The smallest absolute Gasteiger partial charge is 0.0567 e. The molecule has 0 bridgehead atoms. The molecule has 2 atom stereocenters. The molecule has 1 N–H and O–H groups in total. The monoisotopic (exact) mass is 173 g/mol. The van der Waals surface area contributed by atoms with Gasteiger partial charge in [0.1, 0.15) is 0 Å². The quantitative estimate of drug-likeness (QED) is 0.654. The second-order valence-corrected chi connectivity index (χ2v) is 3.16. The van der Waals surface area contributed by atoms with Gasteiger partial charge in [-0.3, -0.25) is 0 Å². The Morgan fingerprint density at radius 1 is 1.42 bits per heavy atom. The Hall–Kier alpha value is -0.0800. The van der Waals surface area contributed by atoms with Crippen LogP contribution in [0.25, 0.3) is 0 Å². The maximum atomic E-state index is 9.27. The molecule has 1 aliphatic heterocycles. The highest BCUT2D eigenvalue weighted by Crippen LogP contribution is 2.15. The van der Waals surface area contributed by atoms with Crippen molar-refractivity contribution in [3.05, 3.63) is 0 Å². The van der Waals surface area contributed by atoms with Crippen molar-refractivity contribution >= 4 is 0 Å². The van der Waals surface area contributed by atoms with Gasteiger partial charge in [-0.05, 0) is 26.3 Å². The molecular formula is C10H23NO. The van der Waals surface area contributed by atoms with Crippen molar-refractivity contribution in [3.8, 4) is 0 Å². The number of aliphatic hydroxyl groups is 1. The van der Waals surface area contributed by atoms with Crippen LogP contribution in [0.1, 0.15) is 40.5 Å². The van der Waals surface area contributed by atoms with Gasteiger partial charge < -0.3 is 10.0 Å². The number of aliphatic hydroxyl groups excluding tert-OH is 1. The minimum absolute atomic E-state index is 0.0437. The molecule has 0 saturated carbocycles. The van der Waals surface area contributed by atoms with Gasteiger partial charge in [0.05, 0.1) is 6.10 Å². The van der Waals surface area contributed by atoms with E-state index in [1.54, 1.807) is 0 Å². The van der Waals surface area contributed by atoms with Gasteiger partial charge in [-0.25, -0.2) is 0 Å². The zero-order valence-corrected chi connectivity index (χ0v) is 8.88. The third kappa shape index (κ3) is 3.55. The highest BCUT2D eigenvalue weighted by molar-refractivity contribution is 4.76. The molecule has 2 unspecified atom stereocenters. The van der Waals surface area contributed by atoms with E-state index in [9.17, 15) is 5.11 Å². The molecule has 12 heavy (non-hydrogen) atoms. The second kappa shape index (κ2) is 6.44. The molecule has 2 nitrogen and oxygen atoms in total. The van der Waals surface area contributed by atoms with Gasteiger partial charge in [0, 0.05) is 12.6 Å². The lowest BCUT2D eigenvalue weighted by Crippen LogP contribution is -2.42. The summed E-state index contributed by atoms with van der Waals surface area (Å²) in [5.74, 6) is 0. The van der Waals surface area contributed by atoms with Gasteiger partial charge >= 0.3 is 0 Å². The van der Waals surface area contributed by atoms with E-state index in [0.29, 0.717) is 6.04 Å². The third-order valence-electron chi connectivity index (χ3n) is 2.39. The summed E-state index contributed by atoms with van der Waals surface area (Å²) in [6.07, 6.45) is 1.87. The molecule has 0 aromatic carbocycles. The number of likely N-dealkylation sites (tertiary alicyclic amines) is 1. The van der Waals surface area contributed by atoms with Crippen molar-refractivity contribution in [1.29, 1.82) is 0 Å². The van der Waals surface area contributed by atoms with Gasteiger partial charge in [0.25, 0.3) is 0 Å². The lowest BCUT2D eigenvalue weighted by Gasteiger charge is -2.34. The summed E-state index contributed by atoms with van der Waals surface area (Å²) < 4.78 is 0. The first-order valence-corrected chi connectivity index (χ1v) is 5.16. The van der Waals surface area contributed by atoms with Gasteiger partial charge in [0.15, 0.2) is 0 Å². The van der Waals surface area contributed by atoms with Crippen molar-refractivity contribution in [2.75, 3.05) is 13.1 Å². The largest absolute Gasteiger partial charge is 0.393 e. The van der Waals surface area contributed by atoms with Gasteiger partial charge in [-0.2, -0.15) is 0 Å².